The van der Waals surface area contributed by atoms with Crippen LogP contribution >= 0.6 is 0 Å². The van der Waals surface area contributed by atoms with Crippen molar-refractivity contribution in [3.05, 3.63) is 65.7 Å². The zero-order chi connectivity index (χ0) is 16.2. The Kier molecular flexibility index (Phi) is 5.34. The van der Waals surface area contributed by atoms with Crippen molar-refractivity contribution in [3.63, 3.8) is 0 Å². The SMILES string of the molecule is CC[C@H](O)C(OS(=O)(=O)c1ccc(C)cc1)c1ccccc1. The van der Waals surface area contributed by atoms with Crippen molar-refractivity contribution in [2.24, 2.45) is 0 Å². The second-order valence-corrected chi connectivity index (χ2v) is 6.74. The van der Waals surface area contributed by atoms with Gasteiger partial charge in [-0.05, 0) is 31.0 Å². The summed E-state index contributed by atoms with van der Waals surface area (Å²) in [4.78, 5) is 0.0855. The third-order valence-corrected chi connectivity index (χ3v) is 4.75. The van der Waals surface area contributed by atoms with E-state index in [9.17, 15) is 13.5 Å². The second kappa shape index (κ2) is 7.05. The van der Waals surface area contributed by atoms with Crippen LogP contribution in [0.1, 0.15) is 30.6 Å². The molecule has 0 aliphatic rings. The third-order valence-electron chi connectivity index (χ3n) is 3.44. The molecule has 1 N–H and O–H groups in total. The topological polar surface area (TPSA) is 63.6 Å². The van der Waals surface area contributed by atoms with Gasteiger partial charge in [-0.2, -0.15) is 8.42 Å². The molecule has 2 atom stereocenters. The number of hydrogen-bond acceptors (Lipinski definition) is 4. The summed E-state index contributed by atoms with van der Waals surface area (Å²) in [7, 11) is -3.94. The minimum atomic E-state index is -3.94. The quantitative estimate of drug-likeness (QED) is 0.830. The maximum atomic E-state index is 12.4. The fourth-order valence-corrected chi connectivity index (χ4v) is 3.19. The molecule has 5 heteroatoms. The molecule has 2 aromatic carbocycles. The highest BCUT2D eigenvalue weighted by atomic mass is 32.2. The maximum absolute atomic E-state index is 12.4. The van der Waals surface area contributed by atoms with Crippen LogP contribution in [0.2, 0.25) is 0 Å². The molecule has 118 valence electrons. The zero-order valence-electron chi connectivity index (χ0n) is 12.6. The molecule has 2 rings (SSSR count). The van der Waals surface area contributed by atoms with Gasteiger partial charge >= 0.3 is 0 Å². The van der Waals surface area contributed by atoms with Crippen molar-refractivity contribution in [1.29, 1.82) is 0 Å². The van der Waals surface area contributed by atoms with Crippen LogP contribution in [-0.4, -0.2) is 19.6 Å². The number of hydrogen-bond donors (Lipinski definition) is 1. The van der Waals surface area contributed by atoms with Gasteiger partial charge in [-0.1, -0.05) is 55.0 Å². The van der Waals surface area contributed by atoms with Crippen molar-refractivity contribution in [1.82, 2.24) is 0 Å². The van der Waals surface area contributed by atoms with Crippen LogP contribution in [0.4, 0.5) is 0 Å². The molecule has 0 heterocycles. The van der Waals surface area contributed by atoms with E-state index in [0.29, 0.717) is 12.0 Å². The fourth-order valence-electron chi connectivity index (χ4n) is 2.10. The Balaban J connectivity index is 2.32. The highest BCUT2D eigenvalue weighted by Crippen LogP contribution is 2.28. The number of aliphatic hydroxyl groups excluding tert-OH is 1. The zero-order valence-corrected chi connectivity index (χ0v) is 13.5. The lowest BCUT2D eigenvalue weighted by Gasteiger charge is -2.22. The molecule has 0 aromatic heterocycles. The summed E-state index contributed by atoms with van der Waals surface area (Å²) in [6.45, 7) is 3.66. The molecule has 0 bridgehead atoms. The van der Waals surface area contributed by atoms with Crippen molar-refractivity contribution >= 4 is 10.1 Å². The molecule has 0 radical (unpaired) electrons. The predicted molar refractivity (Wildman–Crippen MR) is 84.9 cm³/mol. The first-order valence-corrected chi connectivity index (χ1v) is 8.58. The monoisotopic (exact) mass is 320 g/mol. The van der Waals surface area contributed by atoms with Crippen LogP contribution < -0.4 is 0 Å². The molecule has 0 saturated heterocycles. The molecular weight excluding hydrogens is 300 g/mol. The minimum Gasteiger partial charge on any atom is -0.390 e. The molecule has 4 nitrogen and oxygen atoms in total. The highest BCUT2D eigenvalue weighted by molar-refractivity contribution is 7.86. The van der Waals surface area contributed by atoms with Crippen molar-refractivity contribution < 1.29 is 17.7 Å². The van der Waals surface area contributed by atoms with E-state index in [-0.39, 0.29) is 4.90 Å². The number of aryl methyl sites for hydroxylation is 1. The molecule has 0 fully saturated rings. The summed E-state index contributed by atoms with van der Waals surface area (Å²) in [6, 6.07) is 15.3. The first-order valence-electron chi connectivity index (χ1n) is 7.17. The van der Waals surface area contributed by atoms with Crippen molar-refractivity contribution in [2.45, 2.75) is 37.4 Å². The maximum Gasteiger partial charge on any atom is 0.297 e. The van der Waals surface area contributed by atoms with E-state index in [2.05, 4.69) is 0 Å². The van der Waals surface area contributed by atoms with E-state index in [1.807, 2.05) is 13.0 Å². The van der Waals surface area contributed by atoms with E-state index in [1.54, 1.807) is 43.3 Å². The molecule has 0 aliphatic heterocycles. The van der Waals surface area contributed by atoms with Gasteiger partial charge in [0.1, 0.15) is 6.10 Å². The highest BCUT2D eigenvalue weighted by Gasteiger charge is 2.28. The molecule has 0 spiro atoms. The van der Waals surface area contributed by atoms with Gasteiger partial charge in [0.25, 0.3) is 10.1 Å². The molecule has 22 heavy (non-hydrogen) atoms. The predicted octanol–water partition coefficient (Wildman–Crippen LogP) is 3.21. The van der Waals surface area contributed by atoms with E-state index in [0.717, 1.165) is 5.56 Å². The van der Waals surface area contributed by atoms with Gasteiger partial charge in [0, 0.05) is 0 Å². The average Bonchev–Trinajstić information content (AvgIpc) is 2.53. The largest absolute Gasteiger partial charge is 0.390 e. The van der Waals surface area contributed by atoms with Gasteiger partial charge in [0.05, 0.1) is 11.0 Å². The summed E-state index contributed by atoms with van der Waals surface area (Å²) in [6.07, 6.45) is -1.43. The minimum absolute atomic E-state index is 0.0855. The second-order valence-electron chi connectivity index (χ2n) is 5.17. The Morgan fingerprint density at radius 3 is 2.18 bits per heavy atom. The van der Waals surface area contributed by atoms with E-state index < -0.39 is 22.3 Å². The van der Waals surface area contributed by atoms with Crippen molar-refractivity contribution in [2.75, 3.05) is 0 Å². The van der Waals surface area contributed by atoms with Gasteiger partial charge in [-0.15, -0.1) is 0 Å². The Hall–Kier alpha value is -1.69. The molecule has 0 amide bonds. The molecule has 0 aliphatic carbocycles. The van der Waals surface area contributed by atoms with E-state index in [4.69, 9.17) is 4.18 Å². The standard InChI is InChI=1S/C17H20O4S/c1-3-16(18)17(14-7-5-4-6-8-14)21-22(19,20)15-11-9-13(2)10-12-15/h4-12,16-18H,3H2,1-2H3/t16-,17?/m0/s1. The summed E-state index contributed by atoms with van der Waals surface area (Å²) in [5, 5.41) is 10.1. The summed E-state index contributed by atoms with van der Waals surface area (Å²) in [5.74, 6) is 0. The molecular formula is C17H20O4S. The van der Waals surface area contributed by atoms with E-state index in [1.165, 1.54) is 12.1 Å². The van der Waals surface area contributed by atoms with Crippen LogP contribution in [0, 0.1) is 6.92 Å². The Labute approximate surface area is 131 Å². The Morgan fingerprint density at radius 1 is 1.05 bits per heavy atom. The van der Waals surface area contributed by atoms with Crippen LogP contribution in [0.3, 0.4) is 0 Å². The molecule has 2 aromatic rings. The van der Waals surface area contributed by atoms with Gasteiger partial charge in [-0.3, -0.25) is 4.18 Å². The lowest BCUT2D eigenvalue weighted by molar-refractivity contribution is 0.0371. The summed E-state index contributed by atoms with van der Waals surface area (Å²) >= 11 is 0. The van der Waals surface area contributed by atoms with Gasteiger partial charge < -0.3 is 5.11 Å². The Morgan fingerprint density at radius 2 is 1.64 bits per heavy atom. The smallest absolute Gasteiger partial charge is 0.297 e. The van der Waals surface area contributed by atoms with Crippen LogP contribution in [0.25, 0.3) is 0 Å². The van der Waals surface area contributed by atoms with Gasteiger partial charge in [-0.25, -0.2) is 0 Å². The van der Waals surface area contributed by atoms with Crippen LogP contribution in [0.5, 0.6) is 0 Å². The van der Waals surface area contributed by atoms with Gasteiger partial charge in [0.2, 0.25) is 0 Å². The van der Waals surface area contributed by atoms with Crippen LogP contribution in [-0.2, 0) is 14.3 Å². The third kappa shape index (κ3) is 3.94. The molecule has 0 saturated carbocycles. The van der Waals surface area contributed by atoms with Crippen LogP contribution in [0.15, 0.2) is 59.5 Å². The average molecular weight is 320 g/mol. The fraction of sp³-hybridized carbons (Fsp3) is 0.294. The molecule has 1 unspecified atom stereocenters. The van der Waals surface area contributed by atoms with Crippen molar-refractivity contribution in [3.8, 4) is 0 Å². The van der Waals surface area contributed by atoms with E-state index >= 15 is 0 Å². The first-order chi connectivity index (χ1) is 10.4. The number of rotatable bonds is 6. The lowest BCUT2D eigenvalue weighted by atomic mass is 10.0. The lowest BCUT2D eigenvalue weighted by Crippen LogP contribution is -2.23. The van der Waals surface area contributed by atoms with Gasteiger partial charge in [0.15, 0.2) is 0 Å². The number of benzene rings is 2. The summed E-state index contributed by atoms with van der Waals surface area (Å²) < 4.78 is 30.2. The first kappa shape index (κ1) is 16.7. The Bertz CT molecular complexity index is 693. The summed E-state index contributed by atoms with van der Waals surface area (Å²) in [5.41, 5.74) is 1.60. The normalized spacial score (nSPS) is 14.5. The number of aliphatic hydroxyl groups is 1.